The lowest BCUT2D eigenvalue weighted by Gasteiger charge is -2.35. The van der Waals surface area contributed by atoms with Crippen molar-refractivity contribution in [1.29, 1.82) is 0 Å². The van der Waals surface area contributed by atoms with Gasteiger partial charge in [-0.15, -0.1) is 0 Å². The predicted octanol–water partition coefficient (Wildman–Crippen LogP) is 1.37. The predicted molar refractivity (Wildman–Crippen MR) is 53.0 cm³/mol. The number of likely N-dealkylation sites (N-methyl/N-ethyl adjacent to an activating group) is 1. The maximum atomic E-state index is 10.9. The number of hydrogen-bond acceptors (Lipinski definition) is 2. The summed E-state index contributed by atoms with van der Waals surface area (Å²) in [6.45, 7) is 7.10. The van der Waals surface area contributed by atoms with Gasteiger partial charge in [0, 0.05) is 18.6 Å². The van der Waals surface area contributed by atoms with E-state index in [9.17, 15) is 4.79 Å². The van der Waals surface area contributed by atoms with Gasteiger partial charge in [0.1, 0.15) is 0 Å². The average Bonchev–Trinajstić information content (AvgIpc) is 2.04. The molecule has 0 aliphatic rings. The van der Waals surface area contributed by atoms with E-state index in [1.165, 1.54) is 4.90 Å². The Bertz CT molecular complexity index is 169. The highest BCUT2D eigenvalue weighted by atomic mass is 16.4. The van der Waals surface area contributed by atoms with Gasteiger partial charge in [0.25, 0.3) is 0 Å². The highest BCUT2D eigenvalue weighted by Gasteiger charge is 2.28. The number of amides is 1. The van der Waals surface area contributed by atoms with Crippen LogP contribution in [0.25, 0.3) is 0 Å². The van der Waals surface area contributed by atoms with Gasteiger partial charge in [0.05, 0.1) is 0 Å². The molecule has 13 heavy (non-hydrogen) atoms. The fourth-order valence-corrected chi connectivity index (χ4v) is 1.07. The first-order valence-corrected chi connectivity index (χ1v) is 4.61. The van der Waals surface area contributed by atoms with E-state index in [0.29, 0.717) is 13.1 Å². The fraction of sp³-hybridized carbons (Fsp3) is 0.889. The third-order valence-corrected chi connectivity index (χ3v) is 2.41. The quantitative estimate of drug-likeness (QED) is 0.685. The average molecular weight is 188 g/mol. The number of carboxylic acid groups (broad SMARTS) is 1. The van der Waals surface area contributed by atoms with E-state index in [4.69, 9.17) is 5.11 Å². The van der Waals surface area contributed by atoms with E-state index < -0.39 is 6.09 Å². The number of hydrogen-bond donors (Lipinski definition) is 2. The lowest BCUT2D eigenvalue weighted by Crippen LogP contribution is -2.49. The van der Waals surface area contributed by atoms with Gasteiger partial charge >= 0.3 is 6.09 Å². The molecule has 1 amide bonds. The maximum absolute atomic E-state index is 10.9. The Labute approximate surface area is 79.9 Å². The third kappa shape index (κ3) is 3.63. The Morgan fingerprint density at radius 1 is 1.54 bits per heavy atom. The van der Waals surface area contributed by atoms with Crippen LogP contribution in [-0.2, 0) is 0 Å². The summed E-state index contributed by atoms with van der Waals surface area (Å²) in [5.41, 5.74) is -0.275. The van der Waals surface area contributed by atoms with Crippen LogP contribution < -0.4 is 5.32 Å². The summed E-state index contributed by atoms with van der Waals surface area (Å²) in [5, 5.41) is 11.9. The summed E-state index contributed by atoms with van der Waals surface area (Å²) in [7, 11) is 1.82. The molecule has 0 saturated carbocycles. The van der Waals surface area contributed by atoms with Gasteiger partial charge in [-0.2, -0.15) is 0 Å². The Hall–Kier alpha value is -0.770. The van der Waals surface area contributed by atoms with Gasteiger partial charge in [0.2, 0.25) is 0 Å². The van der Waals surface area contributed by atoms with Crippen LogP contribution in [0.2, 0.25) is 0 Å². The molecular formula is C9H20N2O2. The molecule has 0 saturated heterocycles. The molecule has 0 aromatic rings. The molecule has 0 bridgehead atoms. The number of nitrogens with one attached hydrogen (secondary N) is 1. The Morgan fingerprint density at radius 2 is 2.08 bits per heavy atom. The summed E-state index contributed by atoms with van der Waals surface area (Å²) in [4.78, 5) is 12.4. The molecule has 0 aliphatic carbocycles. The summed E-state index contributed by atoms with van der Waals surface area (Å²) in [6, 6.07) is 0. The zero-order valence-corrected chi connectivity index (χ0v) is 8.92. The van der Waals surface area contributed by atoms with E-state index in [0.717, 1.165) is 6.42 Å². The van der Waals surface area contributed by atoms with E-state index >= 15 is 0 Å². The van der Waals surface area contributed by atoms with E-state index in [1.54, 1.807) is 0 Å². The van der Waals surface area contributed by atoms with Crippen LogP contribution in [0.4, 0.5) is 4.79 Å². The van der Waals surface area contributed by atoms with E-state index in [-0.39, 0.29) is 5.54 Å². The summed E-state index contributed by atoms with van der Waals surface area (Å²) in [5.74, 6) is 0. The lowest BCUT2D eigenvalue weighted by atomic mass is 10.00. The minimum absolute atomic E-state index is 0.275. The van der Waals surface area contributed by atoms with Gasteiger partial charge in [-0.05, 0) is 27.3 Å². The van der Waals surface area contributed by atoms with Crippen molar-refractivity contribution < 1.29 is 9.90 Å². The van der Waals surface area contributed by atoms with Crippen molar-refractivity contribution in [1.82, 2.24) is 10.2 Å². The van der Waals surface area contributed by atoms with Gasteiger partial charge in [-0.25, -0.2) is 4.79 Å². The third-order valence-electron chi connectivity index (χ3n) is 2.41. The van der Waals surface area contributed by atoms with Crippen molar-refractivity contribution in [3.05, 3.63) is 0 Å². The molecule has 0 atom stereocenters. The molecule has 2 N–H and O–H groups in total. The Kier molecular flexibility index (Phi) is 4.77. The summed E-state index contributed by atoms with van der Waals surface area (Å²) < 4.78 is 0. The summed E-state index contributed by atoms with van der Waals surface area (Å²) >= 11 is 0. The molecule has 78 valence electrons. The van der Waals surface area contributed by atoms with Crippen LogP contribution >= 0.6 is 0 Å². The number of rotatable bonds is 5. The molecule has 0 aromatic carbocycles. The van der Waals surface area contributed by atoms with E-state index in [2.05, 4.69) is 5.32 Å². The molecule has 4 nitrogen and oxygen atoms in total. The van der Waals surface area contributed by atoms with Crippen LogP contribution in [0.15, 0.2) is 0 Å². The van der Waals surface area contributed by atoms with Gasteiger partial charge < -0.3 is 15.3 Å². The zero-order valence-electron chi connectivity index (χ0n) is 8.92. The van der Waals surface area contributed by atoms with Crippen molar-refractivity contribution in [2.45, 2.75) is 32.7 Å². The molecule has 0 radical (unpaired) electrons. The van der Waals surface area contributed by atoms with Crippen LogP contribution in [0.3, 0.4) is 0 Å². The number of carbonyl (C=O) groups is 1. The molecule has 0 heterocycles. The van der Waals surface area contributed by atoms with Crippen molar-refractivity contribution in [3.63, 3.8) is 0 Å². The first-order valence-electron chi connectivity index (χ1n) is 4.61. The normalized spacial score (nSPS) is 11.4. The minimum atomic E-state index is -0.845. The smallest absolute Gasteiger partial charge is 0.407 e. The van der Waals surface area contributed by atoms with Crippen molar-refractivity contribution in [2.75, 3.05) is 20.1 Å². The van der Waals surface area contributed by atoms with Crippen LogP contribution in [0, 0.1) is 0 Å². The minimum Gasteiger partial charge on any atom is -0.465 e. The van der Waals surface area contributed by atoms with Crippen LogP contribution in [0.1, 0.15) is 27.2 Å². The molecule has 0 aromatic heterocycles. The first-order chi connectivity index (χ1) is 5.95. The van der Waals surface area contributed by atoms with Crippen molar-refractivity contribution >= 4 is 6.09 Å². The van der Waals surface area contributed by atoms with E-state index in [1.807, 2.05) is 27.8 Å². The monoisotopic (exact) mass is 188 g/mol. The standard InChI is InChI=1S/C9H20N2O2/c1-5-9(2,3)11(8(12)13)7-6-10-4/h10H,5-7H2,1-4H3,(H,12,13). The molecule has 0 rings (SSSR count). The SMILES string of the molecule is CCC(C)(C)N(CCNC)C(=O)O. The number of nitrogens with zero attached hydrogens (tertiary/aromatic N) is 1. The van der Waals surface area contributed by atoms with Gasteiger partial charge in [-0.3, -0.25) is 0 Å². The van der Waals surface area contributed by atoms with Crippen LogP contribution in [0.5, 0.6) is 0 Å². The highest BCUT2D eigenvalue weighted by Crippen LogP contribution is 2.17. The molecule has 0 fully saturated rings. The molecule has 0 unspecified atom stereocenters. The molecular weight excluding hydrogens is 168 g/mol. The first kappa shape index (κ1) is 12.2. The van der Waals surface area contributed by atoms with Gasteiger partial charge in [-0.1, -0.05) is 6.92 Å². The highest BCUT2D eigenvalue weighted by molar-refractivity contribution is 5.66. The molecule has 0 aliphatic heterocycles. The zero-order chi connectivity index (χ0) is 10.5. The second kappa shape index (κ2) is 5.07. The van der Waals surface area contributed by atoms with Gasteiger partial charge in [0.15, 0.2) is 0 Å². The Morgan fingerprint density at radius 3 is 2.38 bits per heavy atom. The second-order valence-corrected chi connectivity index (χ2v) is 3.70. The molecule has 4 heteroatoms. The fourth-order valence-electron chi connectivity index (χ4n) is 1.07. The second-order valence-electron chi connectivity index (χ2n) is 3.70. The van der Waals surface area contributed by atoms with Crippen molar-refractivity contribution in [2.24, 2.45) is 0 Å². The molecule has 0 spiro atoms. The maximum Gasteiger partial charge on any atom is 0.407 e. The largest absolute Gasteiger partial charge is 0.465 e. The van der Waals surface area contributed by atoms with Crippen LogP contribution in [-0.4, -0.2) is 41.8 Å². The lowest BCUT2D eigenvalue weighted by molar-refractivity contribution is 0.0910. The van der Waals surface area contributed by atoms with Crippen molar-refractivity contribution in [3.8, 4) is 0 Å². The Balaban J connectivity index is 4.32. The topological polar surface area (TPSA) is 52.6 Å². The summed E-state index contributed by atoms with van der Waals surface area (Å²) in [6.07, 6.45) is -0.0228.